The quantitative estimate of drug-likeness (QED) is 0.413. The number of hydrogen-bond donors (Lipinski definition) is 1. The van der Waals surface area contributed by atoms with Crippen LogP contribution in [0.15, 0.2) is 0 Å². The molecule has 0 aromatic carbocycles. The molecule has 0 aliphatic heterocycles. The van der Waals surface area contributed by atoms with Gasteiger partial charge in [-0.2, -0.15) is 0 Å². The maximum atomic E-state index is 5.55. The van der Waals surface area contributed by atoms with E-state index < -0.39 is 0 Å². The number of rotatable bonds is 12. The summed E-state index contributed by atoms with van der Waals surface area (Å²) >= 11 is 1.84. The standard InChI is InChI=1S/C12H27NOS/c1-3-4-5-7-10-14-11-8-6-9-13-12-15-2/h13H,3-12H2,1-2H3. The fraction of sp³-hybridized carbons (Fsp3) is 1.00. The molecule has 3 heteroatoms. The SMILES string of the molecule is CCCCCCOCCCCNCSC. The minimum atomic E-state index is 0.938. The first kappa shape index (κ1) is 15.3. The van der Waals surface area contributed by atoms with Crippen molar-refractivity contribution < 1.29 is 4.74 Å². The minimum absolute atomic E-state index is 0.938. The summed E-state index contributed by atoms with van der Waals surface area (Å²) in [6, 6.07) is 0. The van der Waals surface area contributed by atoms with Gasteiger partial charge in [0.1, 0.15) is 0 Å². The Morgan fingerprint density at radius 2 is 1.73 bits per heavy atom. The van der Waals surface area contributed by atoms with Gasteiger partial charge in [0.05, 0.1) is 0 Å². The van der Waals surface area contributed by atoms with Crippen LogP contribution in [0, 0.1) is 0 Å². The molecule has 0 aliphatic rings. The van der Waals surface area contributed by atoms with Crippen LogP contribution in [0.25, 0.3) is 0 Å². The normalized spacial score (nSPS) is 10.8. The predicted octanol–water partition coefficient (Wildman–Crippen LogP) is 3.27. The molecule has 0 spiro atoms. The largest absolute Gasteiger partial charge is 0.381 e. The Hall–Kier alpha value is 0.270. The van der Waals surface area contributed by atoms with Crippen molar-refractivity contribution in [3.63, 3.8) is 0 Å². The van der Waals surface area contributed by atoms with Crippen molar-refractivity contribution in [2.75, 3.05) is 31.9 Å². The van der Waals surface area contributed by atoms with Crippen molar-refractivity contribution in [1.29, 1.82) is 0 Å². The summed E-state index contributed by atoms with van der Waals surface area (Å²) in [5.41, 5.74) is 0. The fourth-order valence-electron chi connectivity index (χ4n) is 1.36. The molecule has 92 valence electrons. The lowest BCUT2D eigenvalue weighted by Gasteiger charge is -2.04. The van der Waals surface area contributed by atoms with Crippen LogP contribution in [0.4, 0.5) is 0 Å². The Bertz CT molecular complexity index is 99.8. The van der Waals surface area contributed by atoms with E-state index in [-0.39, 0.29) is 0 Å². The van der Waals surface area contributed by atoms with Gasteiger partial charge in [0.15, 0.2) is 0 Å². The van der Waals surface area contributed by atoms with Crippen molar-refractivity contribution in [3.05, 3.63) is 0 Å². The summed E-state index contributed by atoms with van der Waals surface area (Å²) in [6.45, 7) is 5.26. The third-order valence-corrected chi connectivity index (χ3v) is 2.77. The third-order valence-electron chi connectivity index (χ3n) is 2.28. The molecule has 0 aliphatic carbocycles. The summed E-state index contributed by atoms with van der Waals surface area (Å²) in [6.07, 6.45) is 9.75. The average molecular weight is 233 g/mol. The molecule has 0 unspecified atom stereocenters. The molecule has 1 N–H and O–H groups in total. The monoisotopic (exact) mass is 233 g/mol. The van der Waals surface area contributed by atoms with Crippen molar-refractivity contribution in [2.45, 2.75) is 45.4 Å². The van der Waals surface area contributed by atoms with Gasteiger partial charge in [-0.25, -0.2) is 0 Å². The van der Waals surface area contributed by atoms with Crippen LogP contribution in [-0.2, 0) is 4.74 Å². The number of unbranched alkanes of at least 4 members (excludes halogenated alkanes) is 4. The maximum Gasteiger partial charge on any atom is 0.0466 e. The second-order valence-electron chi connectivity index (χ2n) is 3.81. The summed E-state index contributed by atoms with van der Waals surface area (Å²) in [4.78, 5) is 0. The zero-order valence-electron chi connectivity index (χ0n) is 10.4. The molecule has 0 aromatic rings. The Kier molecular flexibility index (Phi) is 14.5. The Labute approximate surface area is 99.5 Å². The summed E-state index contributed by atoms with van der Waals surface area (Å²) in [7, 11) is 0. The molecule has 0 heterocycles. The smallest absolute Gasteiger partial charge is 0.0466 e. The van der Waals surface area contributed by atoms with Gasteiger partial charge in [-0.1, -0.05) is 26.2 Å². The lowest BCUT2D eigenvalue weighted by molar-refractivity contribution is 0.126. The van der Waals surface area contributed by atoms with E-state index >= 15 is 0 Å². The van der Waals surface area contributed by atoms with Crippen LogP contribution in [0.1, 0.15) is 45.4 Å². The molecule has 0 fully saturated rings. The maximum absolute atomic E-state index is 5.55. The van der Waals surface area contributed by atoms with Gasteiger partial charge >= 0.3 is 0 Å². The highest BCUT2D eigenvalue weighted by Gasteiger charge is 1.91. The second kappa shape index (κ2) is 14.3. The van der Waals surface area contributed by atoms with E-state index in [9.17, 15) is 0 Å². The number of nitrogens with one attached hydrogen (secondary N) is 1. The van der Waals surface area contributed by atoms with E-state index in [1.54, 1.807) is 0 Å². The van der Waals surface area contributed by atoms with E-state index in [4.69, 9.17) is 4.74 Å². The van der Waals surface area contributed by atoms with Gasteiger partial charge < -0.3 is 10.1 Å². The van der Waals surface area contributed by atoms with E-state index in [1.165, 1.54) is 38.5 Å². The molecule has 0 amide bonds. The van der Waals surface area contributed by atoms with Gasteiger partial charge in [0.25, 0.3) is 0 Å². The van der Waals surface area contributed by atoms with E-state index in [0.717, 1.165) is 25.6 Å². The van der Waals surface area contributed by atoms with Gasteiger partial charge in [0.2, 0.25) is 0 Å². The highest BCUT2D eigenvalue weighted by Crippen LogP contribution is 1.99. The molecule has 0 bridgehead atoms. The minimum Gasteiger partial charge on any atom is -0.381 e. The van der Waals surface area contributed by atoms with E-state index in [2.05, 4.69) is 18.5 Å². The molecule has 0 saturated heterocycles. The highest BCUT2D eigenvalue weighted by molar-refractivity contribution is 7.98. The first-order valence-corrected chi connectivity index (χ1v) is 7.58. The van der Waals surface area contributed by atoms with Crippen LogP contribution >= 0.6 is 11.8 Å². The van der Waals surface area contributed by atoms with Crippen molar-refractivity contribution >= 4 is 11.8 Å². The van der Waals surface area contributed by atoms with Gasteiger partial charge in [-0.15, -0.1) is 11.8 Å². The second-order valence-corrected chi connectivity index (χ2v) is 4.68. The molecule has 0 rings (SSSR count). The zero-order chi connectivity index (χ0) is 11.2. The number of ether oxygens (including phenoxy) is 1. The fourth-order valence-corrected chi connectivity index (χ4v) is 1.71. The van der Waals surface area contributed by atoms with Gasteiger partial charge in [0, 0.05) is 19.1 Å². The summed E-state index contributed by atoms with van der Waals surface area (Å²) in [5.74, 6) is 1.07. The third kappa shape index (κ3) is 14.3. The molecule has 2 nitrogen and oxygen atoms in total. The molecular weight excluding hydrogens is 206 g/mol. The van der Waals surface area contributed by atoms with Crippen LogP contribution in [-0.4, -0.2) is 31.9 Å². The lowest BCUT2D eigenvalue weighted by Crippen LogP contribution is -2.14. The van der Waals surface area contributed by atoms with E-state index in [0.29, 0.717) is 0 Å². The summed E-state index contributed by atoms with van der Waals surface area (Å²) < 4.78 is 5.55. The lowest BCUT2D eigenvalue weighted by atomic mass is 10.2. The van der Waals surface area contributed by atoms with Crippen LogP contribution in [0.3, 0.4) is 0 Å². The van der Waals surface area contributed by atoms with Crippen molar-refractivity contribution in [1.82, 2.24) is 5.32 Å². The predicted molar refractivity (Wildman–Crippen MR) is 70.6 cm³/mol. The first-order valence-electron chi connectivity index (χ1n) is 6.19. The molecule has 0 saturated carbocycles. The summed E-state index contributed by atoms with van der Waals surface area (Å²) in [5, 5.41) is 3.36. The van der Waals surface area contributed by atoms with E-state index in [1.807, 2.05) is 11.8 Å². The molecule has 0 atom stereocenters. The number of hydrogen-bond acceptors (Lipinski definition) is 3. The van der Waals surface area contributed by atoms with Gasteiger partial charge in [-0.05, 0) is 32.1 Å². The zero-order valence-corrected chi connectivity index (χ0v) is 11.2. The van der Waals surface area contributed by atoms with Gasteiger partial charge in [-0.3, -0.25) is 0 Å². The Morgan fingerprint density at radius 1 is 1.00 bits per heavy atom. The Balaban J connectivity index is 2.81. The molecule has 0 radical (unpaired) electrons. The van der Waals surface area contributed by atoms with Crippen LogP contribution in [0.5, 0.6) is 0 Å². The Morgan fingerprint density at radius 3 is 2.40 bits per heavy atom. The topological polar surface area (TPSA) is 21.3 Å². The molecule has 15 heavy (non-hydrogen) atoms. The average Bonchev–Trinajstić information content (AvgIpc) is 2.26. The molecule has 0 aromatic heterocycles. The number of thioether (sulfide) groups is 1. The van der Waals surface area contributed by atoms with Crippen LogP contribution < -0.4 is 5.32 Å². The van der Waals surface area contributed by atoms with Crippen molar-refractivity contribution in [3.8, 4) is 0 Å². The molecular formula is C12H27NOS. The highest BCUT2D eigenvalue weighted by atomic mass is 32.2. The van der Waals surface area contributed by atoms with Crippen molar-refractivity contribution in [2.24, 2.45) is 0 Å². The first-order chi connectivity index (χ1) is 7.41. The van der Waals surface area contributed by atoms with Crippen LogP contribution in [0.2, 0.25) is 0 Å².